The van der Waals surface area contributed by atoms with Gasteiger partial charge in [0, 0.05) is 12.0 Å². The summed E-state index contributed by atoms with van der Waals surface area (Å²) in [6.45, 7) is 0. The molecule has 0 atom stereocenters. The van der Waals surface area contributed by atoms with Crippen molar-refractivity contribution in [3.8, 4) is 0 Å². The lowest BCUT2D eigenvalue weighted by Crippen LogP contribution is -2.24. The van der Waals surface area contributed by atoms with Crippen LogP contribution in [-0.4, -0.2) is 17.3 Å². The van der Waals surface area contributed by atoms with Gasteiger partial charge in [0.25, 0.3) is 0 Å². The van der Waals surface area contributed by atoms with E-state index in [1.54, 1.807) is 0 Å². The van der Waals surface area contributed by atoms with Crippen molar-refractivity contribution in [1.29, 1.82) is 0 Å². The highest BCUT2D eigenvalue weighted by Crippen LogP contribution is 2.26. The normalized spacial score (nSPS) is 22.3. The number of carbonyl (C=O) groups is 3. The van der Waals surface area contributed by atoms with Gasteiger partial charge in [-0.1, -0.05) is 0 Å². The Morgan fingerprint density at radius 2 is 1.62 bits per heavy atom. The standard InChI is InChI=1S/C10H8O3/c11-7-4-5-9(13)10-6(7)2-1-3-8(10)12/h4-5H,1-3H2. The third-order valence-electron chi connectivity index (χ3n) is 2.34. The Bertz CT molecular complexity index is 372. The van der Waals surface area contributed by atoms with Gasteiger partial charge >= 0.3 is 0 Å². The van der Waals surface area contributed by atoms with Crippen molar-refractivity contribution in [1.82, 2.24) is 0 Å². The summed E-state index contributed by atoms with van der Waals surface area (Å²) in [5.74, 6) is -0.661. The molecule has 2 aliphatic carbocycles. The fourth-order valence-electron chi connectivity index (χ4n) is 1.71. The van der Waals surface area contributed by atoms with E-state index < -0.39 is 0 Å². The van der Waals surface area contributed by atoms with Crippen LogP contribution in [0.15, 0.2) is 23.3 Å². The molecule has 2 aliphatic rings. The molecule has 0 fully saturated rings. The van der Waals surface area contributed by atoms with Crippen molar-refractivity contribution in [3.05, 3.63) is 23.3 Å². The smallest absolute Gasteiger partial charge is 0.189 e. The number of hydrogen-bond donors (Lipinski definition) is 0. The summed E-state index contributed by atoms with van der Waals surface area (Å²) >= 11 is 0. The van der Waals surface area contributed by atoms with Crippen molar-refractivity contribution in [2.75, 3.05) is 0 Å². The van der Waals surface area contributed by atoms with Gasteiger partial charge in [-0.25, -0.2) is 0 Å². The van der Waals surface area contributed by atoms with Crippen LogP contribution in [-0.2, 0) is 14.4 Å². The van der Waals surface area contributed by atoms with Crippen LogP contribution in [0, 0.1) is 0 Å². The molecule has 13 heavy (non-hydrogen) atoms. The van der Waals surface area contributed by atoms with Crippen LogP contribution in [0.5, 0.6) is 0 Å². The molecule has 66 valence electrons. The quantitative estimate of drug-likeness (QED) is 0.404. The second-order valence-electron chi connectivity index (χ2n) is 3.19. The Hall–Kier alpha value is -1.51. The molecule has 0 N–H and O–H groups in total. The van der Waals surface area contributed by atoms with Crippen molar-refractivity contribution in [2.24, 2.45) is 0 Å². The predicted molar refractivity (Wildman–Crippen MR) is 45.0 cm³/mol. The van der Waals surface area contributed by atoms with Gasteiger partial charge in [-0.15, -0.1) is 0 Å². The number of allylic oxidation sites excluding steroid dienone is 4. The van der Waals surface area contributed by atoms with Crippen molar-refractivity contribution < 1.29 is 14.4 Å². The molecule has 0 amide bonds. The minimum Gasteiger partial charge on any atom is -0.294 e. The largest absolute Gasteiger partial charge is 0.294 e. The third-order valence-corrected chi connectivity index (χ3v) is 2.34. The molecule has 0 saturated carbocycles. The third kappa shape index (κ3) is 1.16. The second-order valence-corrected chi connectivity index (χ2v) is 3.19. The Morgan fingerprint density at radius 1 is 0.923 bits per heavy atom. The van der Waals surface area contributed by atoms with Gasteiger partial charge in [-0.2, -0.15) is 0 Å². The summed E-state index contributed by atoms with van der Waals surface area (Å²) in [7, 11) is 0. The Kier molecular flexibility index (Phi) is 1.72. The first-order valence-corrected chi connectivity index (χ1v) is 4.23. The number of rotatable bonds is 0. The van der Waals surface area contributed by atoms with E-state index in [4.69, 9.17) is 0 Å². The van der Waals surface area contributed by atoms with Crippen LogP contribution in [0.4, 0.5) is 0 Å². The van der Waals surface area contributed by atoms with Crippen LogP contribution in [0.1, 0.15) is 19.3 Å². The highest BCUT2D eigenvalue weighted by molar-refractivity contribution is 6.32. The number of ketones is 3. The van der Waals surface area contributed by atoms with Crippen LogP contribution in [0.2, 0.25) is 0 Å². The molecule has 0 aromatic heterocycles. The summed E-state index contributed by atoms with van der Waals surface area (Å²) in [6, 6.07) is 0. The van der Waals surface area contributed by atoms with Crippen molar-refractivity contribution >= 4 is 17.3 Å². The van der Waals surface area contributed by atoms with E-state index in [0.717, 1.165) is 0 Å². The van der Waals surface area contributed by atoms with Crippen LogP contribution in [0.25, 0.3) is 0 Å². The molecule has 3 heteroatoms. The summed E-state index contributed by atoms with van der Waals surface area (Å²) in [5.41, 5.74) is 0.558. The first-order valence-electron chi connectivity index (χ1n) is 4.23. The lowest BCUT2D eigenvalue weighted by Gasteiger charge is -2.17. The van der Waals surface area contributed by atoms with Crippen LogP contribution in [0.3, 0.4) is 0 Å². The van der Waals surface area contributed by atoms with Crippen LogP contribution >= 0.6 is 0 Å². The minimum atomic E-state index is -0.306. The second kappa shape index (κ2) is 2.76. The molecule has 0 radical (unpaired) electrons. The van der Waals surface area contributed by atoms with Gasteiger partial charge in [0.1, 0.15) is 0 Å². The summed E-state index contributed by atoms with van der Waals surface area (Å²) in [4.78, 5) is 33.9. The zero-order chi connectivity index (χ0) is 9.42. The monoisotopic (exact) mass is 176 g/mol. The maximum Gasteiger partial charge on any atom is 0.189 e. The van der Waals surface area contributed by atoms with Gasteiger partial charge in [0.2, 0.25) is 0 Å². The van der Waals surface area contributed by atoms with Gasteiger partial charge in [0.05, 0.1) is 5.57 Å². The molecular weight excluding hydrogens is 168 g/mol. The highest BCUT2D eigenvalue weighted by atomic mass is 16.2. The lowest BCUT2D eigenvalue weighted by molar-refractivity contribution is -0.122. The average Bonchev–Trinajstić information content (AvgIpc) is 2.12. The Morgan fingerprint density at radius 3 is 2.31 bits per heavy atom. The van der Waals surface area contributed by atoms with E-state index >= 15 is 0 Å². The first kappa shape index (κ1) is 8.10. The maximum atomic E-state index is 11.3. The topological polar surface area (TPSA) is 51.2 Å². The maximum absolute atomic E-state index is 11.3. The molecule has 0 aromatic carbocycles. The lowest BCUT2D eigenvalue weighted by atomic mass is 9.83. The fraction of sp³-hybridized carbons (Fsp3) is 0.300. The van der Waals surface area contributed by atoms with E-state index in [0.29, 0.717) is 24.8 Å². The SMILES string of the molecule is O=C1C=CC(=O)C2=C1CCCC2=O. The van der Waals surface area contributed by atoms with Gasteiger partial charge < -0.3 is 0 Å². The molecular formula is C10H8O3. The molecule has 0 bridgehead atoms. The first-order chi connectivity index (χ1) is 6.20. The molecule has 0 unspecified atom stereocenters. The summed E-state index contributed by atoms with van der Waals surface area (Å²) in [5, 5.41) is 0. The number of Topliss-reactive ketones (excluding diaryl/α,β-unsaturated/α-hetero) is 1. The van der Waals surface area contributed by atoms with E-state index in [1.165, 1.54) is 12.2 Å². The Labute approximate surface area is 75.1 Å². The fourth-order valence-corrected chi connectivity index (χ4v) is 1.71. The number of carbonyl (C=O) groups excluding carboxylic acids is 3. The zero-order valence-electron chi connectivity index (χ0n) is 7.00. The van der Waals surface area contributed by atoms with E-state index in [2.05, 4.69) is 0 Å². The van der Waals surface area contributed by atoms with E-state index in [1.807, 2.05) is 0 Å². The predicted octanol–water partition coefficient (Wildman–Crippen LogP) is 0.744. The molecule has 0 heterocycles. The number of hydrogen-bond acceptors (Lipinski definition) is 3. The average molecular weight is 176 g/mol. The van der Waals surface area contributed by atoms with Gasteiger partial charge in [0.15, 0.2) is 17.3 Å². The summed E-state index contributed by atoms with van der Waals surface area (Å²) < 4.78 is 0. The van der Waals surface area contributed by atoms with Gasteiger partial charge in [-0.3, -0.25) is 14.4 Å². The summed E-state index contributed by atoms with van der Waals surface area (Å²) in [6.07, 6.45) is 4.08. The molecule has 2 rings (SSSR count). The van der Waals surface area contributed by atoms with E-state index in [9.17, 15) is 14.4 Å². The van der Waals surface area contributed by atoms with Crippen molar-refractivity contribution in [2.45, 2.75) is 19.3 Å². The molecule has 0 spiro atoms. The van der Waals surface area contributed by atoms with Crippen molar-refractivity contribution in [3.63, 3.8) is 0 Å². The highest BCUT2D eigenvalue weighted by Gasteiger charge is 2.30. The molecule has 0 aromatic rings. The zero-order valence-corrected chi connectivity index (χ0v) is 7.00. The molecule has 0 aliphatic heterocycles. The van der Waals surface area contributed by atoms with Crippen LogP contribution < -0.4 is 0 Å². The molecule has 3 nitrogen and oxygen atoms in total. The van der Waals surface area contributed by atoms with Gasteiger partial charge in [-0.05, 0) is 25.0 Å². The molecule has 0 saturated heterocycles. The minimum absolute atomic E-state index is 0.138. The van der Waals surface area contributed by atoms with E-state index in [-0.39, 0.29) is 22.9 Å². The Balaban J connectivity index is 2.54.